The van der Waals surface area contributed by atoms with Crippen LogP contribution in [0.3, 0.4) is 0 Å². The SMILES string of the molecule is CNCC1CCN(S(=O)(=O)C=Cc2ccc(Cl)cc2)CC1. The van der Waals surface area contributed by atoms with E-state index in [-0.39, 0.29) is 0 Å². The molecule has 0 aromatic heterocycles. The number of halogens is 1. The molecule has 1 aliphatic rings. The van der Waals surface area contributed by atoms with E-state index in [0.717, 1.165) is 24.9 Å². The minimum absolute atomic E-state index is 0.571. The van der Waals surface area contributed by atoms with E-state index >= 15 is 0 Å². The van der Waals surface area contributed by atoms with E-state index in [1.54, 1.807) is 34.6 Å². The lowest BCUT2D eigenvalue weighted by atomic mass is 9.98. The van der Waals surface area contributed by atoms with E-state index in [2.05, 4.69) is 5.32 Å². The second-order valence-corrected chi connectivity index (χ2v) is 7.55. The van der Waals surface area contributed by atoms with Crippen molar-refractivity contribution in [3.8, 4) is 0 Å². The Morgan fingerprint density at radius 1 is 1.29 bits per heavy atom. The Balaban J connectivity index is 1.97. The zero-order chi connectivity index (χ0) is 15.3. The highest BCUT2D eigenvalue weighted by Gasteiger charge is 2.25. The van der Waals surface area contributed by atoms with Crippen LogP contribution in [0, 0.1) is 5.92 Å². The van der Waals surface area contributed by atoms with Gasteiger partial charge in [-0.15, -0.1) is 0 Å². The van der Waals surface area contributed by atoms with Crippen molar-refractivity contribution in [1.82, 2.24) is 9.62 Å². The molecular formula is C15H21ClN2O2S. The standard InChI is InChI=1S/C15H21ClN2O2S/c1-17-12-14-6-9-18(10-7-14)21(19,20)11-8-13-2-4-15(16)5-3-13/h2-5,8,11,14,17H,6-7,9-10,12H2,1H3. The topological polar surface area (TPSA) is 49.4 Å². The number of benzene rings is 1. The Hall–Kier alpha value is -0.880. The van der Waals surface area contributed by atoms with Gasteiger partial charge in [0, 0.05) is 23.5 Å². The monoisotopic (exact) mass is 328 g/mol. The van der Waals surface area contributed by atoms with Crippen molar-refractivity contribution >= 4 is 27.7 Å². The molecule has 4 nitrogen and oxygen atoms in total. The van der Waals surface area contributed by atoms with Gasteiger partial charge in [-0.05, 0) is 56.1 Å². The number of sulfonamides is 1. The number of nitrogens with zero attached hydrogens (tertiary/aromatic N) is 1. The number of hydrogen-bond donors (Lipinski definition) is 1. The Morgan fingerprint density at radius 2 is 1.90 bits per heavy atom. The predicted molar refractivity (Wildman–Crippen MR) is 87.6 cm³/mol. The normalized spacial score (nSPS) is 18.4. The van der Waals surface area contributed by atoms with Gasteiger partial charge in [0.15, 0.2) is 0 Å². The lowest BCUT2D eigenvalue weighted by Crippen LogP contribution is -2.39. The summed E-state index contributed by atoms with van der Waals surface area (Å²) < 4.78 is 26.1. The van der Waals surface area contributed by atoms with E-state index < -0.39 is 10.0 Å². The van der Waals surface area contributed by atoms with Gasteiger partial charge in [-0.25, -0.2) is 8.42 Å². The summed E-state index contributed by atoms with van der Waals surface area (Å²) in [5, 5.41) is 5.08. The van der Waals surface area contributed by atoms with Crippen molar-refractivity contribution in [2.45, 2.75) is 12.8 Å². The number of hydrogen-bond acceptors (Lipinski definition) is 3. The second-order valence-electron chi connectivity index (χ2n) is 5.30. The Labute approximate surface area is 131 Å². The minimum Gasteiger partial charge on any atom is -0.319 e. The Kier molecular flexibility index (Phi) is 5.81. The number of rotatable bonds is 5. The minimum atomic E-state index is -3.33. The maximum absolute atomic E-state index is 12.3. The molecule has 0 atom stereocenters. The fourth-order valence-electron chi connectivity index (χ4n) is 2.48. The van der Waals surface area contributed by atoms with Crippen LogP contribution >= 0.6 is 11.6 Å². The third-order valence-electron chi connectivity index (χ3n) is 3.73. The summed E-state index contributed by atoms with van der Waals surface area (Å²) in [7, 11) is -1.40. The van der Waals surface area contributed by atoms with Gasteiger partial charge in [-0.2, -0.15) is 4.31 Å². The molecule has 1 N–H and O–H groups in total. The summed E-state index contributed by atoms with van der Waals surface area (Å²) >= 11 is 5.81. The molecule has 0 radical (unpaired) electrons. The third-order valence-corrected chi connectivity index (χ3v) is 5.55. The molecule has 0 unspecified atom stereocenters. The van der Waals surface area contributed by atoms with Crippen molar-refractivity contribution in [2.24, 2.45) is 5.92 Å². The molecule has 1 saturated heterocycles. The van der Waals surface area contributed by atoms with Crippen molar-refractivity contribution in [3.63, 3.8) is 0 Å². The van der Waals surface area contributed by atoms with E-state index in [9.17, 15) is 8.42 Å². The van der Waals surface area contributed by atoms with Crippen LogP contribution in [0.2, 0.25) is 5.02 Å². The molecule has 2 rings (SSSR count). The largest absolute Gasteiger partial charge is 0.319 e. The first-order valence-electron chi connectivity index (χ1n) is 7.09. The van der Waals surface area contributed by atoms with Crippen LogP contribution in [0.4, 0.5) is 0 Å². The fourth-order valence-corrected chi connectivity index (χ4v) is 3.83. The summed E-state index contributed by atoms with van der Waals surface area (Å²) in [4.78, 5) is 0. The predicted octanol–water partition coefficient (Wildman–Crippen LogP) is 2.57. The average molecular weight is 329 g/mol. The number of nitrogens with one attached hydrogen (secondary N) is 1. The molecule has 116 valence electrons. The highest BCUT2D eigenvalue weighted by atomic mass is 35.5. The van der Waals surface area contributed by atoms with Crippen LogP contribution in [0.25, 0.3) is 6.08 Å². The summed E-state index contributed by atoms with van der Waals surface area (Å²) in [6.07, 6.45) is 3.44. The molecule has 1 aromatic carbocycles. The highest BCUT2D eigenvalue weighted by molar-refractivity contribution is 7.92. The van der Waals surface area contributed by atoms with Crippen molar-refractivity contribution in [3.05, 3.63) is 40.3 Å². The zero-order valence-electron chi connectivity index (χ0n) is 12.1. The lowest BCUT2D eigenvalue weighted by molar-refractivity contribution is 0.273. The second kappa shape index (κ2) is 7.40. The molecule has 6 heteroatoms. The van der Waals surface area contributed by atoms with Gasteiger partial charge >= 0.3 is 0 Å². The zero-order valence-corrected chi connectivity index (χ0v) is 13.7. The maximum atomic E-state index is 12.3. The van der Waals surface area contributed by atoms with Crippen molar-refractivity contribution < 1.29 is 8.42 Å². The molecule has 0 bridgehead atoms. The molecule has 0 spiro atoms. The third kappa shape index (κ3) is 4.81. The summed E-state index contributed by atoms with van der Waals surface area (Å²) in [6, 6.07) is 7.09. The first kappa shape index (κ1) is 16.5. The summed E-state index contributed by atoms with van der Waals surface area (Å²) in [6.45, 7) is 2.15. The van der Waals surface area contributed by atoms with Gasteiger partial charge in [0.05, 0.1) is 0 Å². The van der Waals surface area contributed by atoms with Crippen molar-refractivity contribution in [2.75, 3.05) is 26.7 Å². The first-order chi connectivity index (χ1) is 10.0. The number of piperidine rings is 1. The molecule has 1 fully saturated rings. The lowest BCUT2D eigenvalue weighted by Gasteiger charge is -2.30. The summed E-state index contributed by atoms with van der Waals surface area (Å²) in [5.74, 6) is 0.571. The molecule has 1 aliphatic heterocycles. The molecular weight excluding hydrogens is 308 g/mol. The first-order valence-corrected chi connectivity index (χ1v) is 8.98. The van der Waals surface area contributed by atoms with Crippen LogP contribution in [0.1, 0.15) is 18.4 Å². The smallest absolute Gasteiger partial charge is 0.236 e. The van der Waals surface area contributed by atoms with Gasteiger partial charge in [-0.1, -0.05) is 23.7 Å². The van der Waals surface area contributed by atoms with E-state index in [4.69, 9.17) is 11.6 Å². The molecule has 0 saturated carbocycles. The van der Waals surface area contributed by atoms with Gasteiger partial charge in [-0.3, -0.25) is 0 Å². The average Bonchev–Trinajstić information content (AvgIpc) is 2.48. The van der Waals surface area contributed by atoms with Gasteiger partial charge in [0.1, 0.15) is 0 Å². The van der Waals surface area contributed by atoms with Crippen LogP contribution in [-0.4, -0.2) is 39.4 Å². The van der Waals surface area contributed by atoms with Crippen LogP contribution in [0.15, 0.2) is 29.7 Å². The molecule has 1 heterocycles. The summed E-state index contributed by atoms with van der Waals surface area (Å²) in [5.41, 5.74) is 0.827. The van der Waals surface area contributed by atoms with E-state index in [1.165, 1.54) is 5.41 Å². The van der Waals surface area contributed by atoms with E-state index in [0.29, 0.717) is 24.0 Å². The molecule has 0 aliphatic carbocycles. The van der Waals surface area contributed by atoms with Crippen molar-refractivity contribution in [1.29, 1.82) is 0 Å². The quantitative estimate of drug-likeness (QED) is 0.903. The Morgan fingerprint density at radius 3 is 2.48 bits per heavy atom. The maximum Gasteiger partial charge on any atom is 0.236 e. The van der Waals surface area contributed by atoms with Crippen LogP contribution < -0.4 is 5.32 Å². The van der Waals surface area contributed by atoms with Gasteiger partial charge in [0.2, 0.25) is 10.0 Å². The van der Waals surface area contributed by atoms with Gasteiger partial charge in [0.25, 0.3) is 0 Å². The molecule has 21 heavy (non-hydrogen) atoms. The van der Waals surface area contributed by atoms with Crippen LogP contribution in [0.5, 0.6) is 0 Å². The van der Waals surface area contributed by atoms with Crippen LogP contribution in [-0.2, 0) is 10.0 Å². The molecule has 0 amide bonds. The van der Waals surface area contributed by atoms with E-state index in [1.807, 2.05) is 7.05 Å². The highest BCUT2D eigenvalue weighted by Crippen LogP contribution is 2.20. The van der Waals surface area contributed by atoms with Gasteiger partial charge < -0.3 is 5.32 Å². The fraction of sp³-hybridized carbons (Fsp3) is 0.467. The Bertz CT molecular complexity index is 576. The molecule has 1 aromatic rings.